The third-order valence-electron chi connectivity index (χ3n) is 3.20. The summed E-state index contributed by atoms with van der Waals surface area (Å²) in [6.07, 6.45) is 1.44. The minimum Gasteiger partial charge on any atom is -0.480 e. The molecule has 0 amide bonds. The Bertz CT molecular complexity index is 654. The molecule has 2 aromatic rings. The van der Waals surface area contributed by atoms with E-state index < -0.39 is 5.97 Å². The van der Waals surface area contributed by atoms with Crippen LogP contribution in [0.1, 0.15) is 16.7 Å². The van der Waals surface area contributed by atoms with Gasteiger partial charge in [0.25, 0.3) is 0 Å². The molecule has 0 aliphatic rings. The molecule has 1 heterocycles. The number of aryl methyl sites for hydroxylation is 3. The number of carboxylic acids is 1. The van der Waals surface area contributed by atoms with Crippen LogP contribution in [0.3, 0.4) is 0 Å². The van der Waals surface area contributed by atoms with Gasteiger partial charge in [-0.25, -0.2) is 9.97 Å². The largest absolute Gasteiger partial charge is 0.480 e. The number of hydrogen-bond donors (Lipinski definition) is 2. The van der Waals surface area contributed by atoms with Gasteiger partial charge in [0.15, 0.2) is 0 Å². The van der Waals surface area contributed by atoms with Crippen LogP contribution in [0.4, 0.5) is 5.82 Å². The van der Waals surface area contributed by atoms with Crippen LogP contribution in [0.15, 0.2) is 24.5 Å². The molecule has 0 saturated carbocycles. The number of aliphatic carboxylic acids is 1. The fraction of sp³-hybridized carbons (Fsp3) is 0.267. The van der Waals surface area contributed by atoms with Crippen molar-refractivity contribution in [2.24, 2.45) is 0 Å². The lowest BCUT2D eigenvalue weighted by atomic mass is 9.98. The molecule has 1 aromatic carbocycles. The SMILES string of the molecule is Cc1cc(C)c(-c2cc(NCC(=O)O)ncn2)cc1C. The van der Waals surface area contributed by atoms with E-state index in [1.807, 2.05) is 6.92 Å². The Morgan fingerprint density at radius 2 is 1.80 bits per heavy atom. The molecule has 0 bridgehead atoms. The van der Waals surface area contributed by atoms with Crippen molar-refractivity contribution in [2.45, 2.75) is 20.8 Å². The number of anilines is 1. The van der Waals surface area contributed by atoms with Crippen LogP contribution >= 0.6 is 0 Å². The van der Waals surface area contributed by atoms with Crippen LogP contribution in [-0.2, 0) is 4.79 Å². The number of nitrogens with one attached hydrogen (secondary N) is 1. The zero-order valence-corrected chi connectivity index (χ0v) is 11.8. The van der Waals surface area contributed by atoms with Gasteiger partial charge in [-0.1, -0.05) is 6.07 Å². The lowest BCUT2D eigenvalue weighted by Crippen LogP contribution is -2.13. The fourth-order valence-corrected chi connectivity index (χ4v) is 2.00. The second-order valence-corrected chi connectivity index (χ2v) is 4.79. The number of carboxylic acid groups (broad SMARTS) is 1. The highest BCUT2D eigenvalue weighted by Gasteiger charge is 2.08. The molecule has 0 atom stereocenters. The number of nitrogens with zero attached hydrogens (tertiary/aromatic N) is 2. The summed E-state index contributed by atoms with van der Waals surface area (Å²) in [6, 6.07) is 5.98. The number of rotatable bonds is 4. The Labute approximate surface area is 117 Å². The smallest absolute Gasteiger partial charge is 0.322 e. The highest BCUT2D eigenvalue weighted by atomic mass is 16.4. The van der Waals surface area contributed by atoms with E-state index in [0.717, 1.165) is 16.8 Å². The van der Waals surface area contributed by atoms with Gasteiger partial charge < -0.3 is 10.4 Å². The maximum atomic E-state index is 10.6. The molecule has 0 aliphatic heterocycles. The van der Waals surface area contributed by atoms with Crippen LogP contribution in [0, 0.1) is 20.8 Å². The summed E-state index contributed by atoms with van der Waals surface area (Å²) in [6.45, 7) is 6.01. The minimum absolute atomic E-state index is 0.164. The van der Waals surface area contributed by atoms with Gasteiger partial charge >= 0.3 is 5.97 Å². The van der Waals surface area contributed by atoms with Crippen LogP contribution in [0.5, 0.6) is 0 Å². The third kappa shape index (κ3) is 3.12. The molecule has 1 aromatic heterocycles. The predicted octanol–water partition coefficient (Wildman–Crippen LogP) is 2.57. The molecule has 0 fully saturated rings. The molecular weight excluding hydrogens is 254 g/mol. The van der Waals surface area contributed by atoms with Crippen molar-refractivity contribution in [3.8, 4) is 11.3 Å². The average Bonchev–Trinajstić information content (AvgIpc) is 2.41. The summed E-state index contributed by atoms with van der Waals surface area (Å²) in [5, 5.41) is 11.4. The molecule has 0 aliphatic carbocycles. The first-order valence-electron chi connectivity index (χ1n) is 6.33. The van der Waals surface area contributed by atoms with Gasteiger partial charge in [-0.05, 0) is 43.5 Å². The number of benzene rings is 1. The van der Waals surface area contributed by atoms with Crippen LogP contribution < -0.4 is 5.32 Å². The first kappa shape index (κ1) is 14.0. The Hall–Kier alpha value is -2.43. The molecule has 5 heteroatoms. The Morgan fingerprint density at radius 3 is 2.50 bits per heavy atom. The van der Waals surface area contributed by atoms with E-state index in [4.69, 9.17) is 5.11 Å². The van der Waals surface area contributed by atoms with Crippen molar-refractivity contribution < 1.29 is 9.90 Å². The Balaban J connectivity index is 2.36. The summed E-state index contributed by atoms with van der Waals surface area (Å²) >= 11 is 0. The first-order valence-corrected chi connectivity index (χ1v) is 6.33. The number of hydrogen-bond acceptors (Lipinski definition) is 4. The molecule has 0 unspecified atom stereocenters. The zero-order valence-electron chi connectivity index (χ0n) is 11.8. The van der Waals surface area contributed by atoms with Crippen molar-refractivity contribution >= 4 is 11.8 Å². The van der Waals surface area contributed by atoms with E-state index in [1.54, 1.807) is 6.07 Å². The minimum atomic E-state index is -0.924. The quantitative estimate of drug-likeness (QED) is 0.894. The fourth-order valence-electron chi connectivity index (χ4n) is 2.00. The standard InChI is InChI=1S/C15H17N3O2/c1-9-4-11(3)12(5-10(9)2)13-6-14(18-8-17-13)16-7-15(19)20/h4-6,8H,7H2,1-3H3,(H,19,20)(H,16,17,18). The third-order valence-corrected chi connectivity index (χ3v) is 3.20. The topological polar surface area (TPSA) is 75.1 Å². The van der Waals surface area contributed by atoms with Gasteiger partial charge in [0.2, 0.25) is 0 Å². The summed E-state index contributed by atoms with van der Waals surface area (Å²) in [5.74, 6) is -0.414. The zero-order chi connectivity index (χ0) is 14.7. The average molecular weight is 271 g/mol. The molecule has 5 nitrogen and oxygen atoms in total. The second kappa shape index (κ2) is 5.69. The maximum absolute atomic E-state index is 10.6. The van der Waals surface area contributed by atoms with Crippen LogP contribution in [0.25, 0.3) is 11.3 Å². The summed E-state index contributed by atoms with van der Waals surface area (Å²) in [5.41, 5.74) is 5.40. The highest BCUT2D eigenvalue weighted by molar-refractivity contribution is 5.73. The molecule has 0 spiro atoms. The molecule has 2 rings (SSSR count). The van der Waals surface area contributed by atoms with E-state index in [1.165, 1.54) is 17.5 Å². The lowest BCUT2D eigenvalue weighted by molar-refractivity contribution is -0.134. The van der Waals surface area contributed by atoms with E-state index in [0.29, 0.717) is 5.82 Å². The van der Waals surface area contributed by atoms with Crippen molar-refractivity contribution in [1.82, 2.24) is 9.97 Å². The van der Waals surface area contributed by atoms with E-state index in [2.05, 4.69) is 41.3 Å². The van der Waals surface area contributed by atoms with Crippen molar-refractivity contribution in [2.75, 3.05) is 11.9 Å². The van der Waals surface area contributed by atoms with Crippen molar-refractivity contribution in [1.29, 1.82) is 0 Å². The van der Waals surface area contributed by atoms with E-state index in [-0.39, 0.29) is 6.54 Å². The molecule has 104 valence electrons. The van der Waals surface area contributed by atoms with Gasteiger partial charge in [0.05, 0.1) is 5.69 Å². The lowest BCUT2D eigenvalue weighted by Gasteiger charge is -2.10. The highest BCUT2D eigenvalue weighted by Crippen LogP contribution is 2.25. The van der Waals surface area contributed by atoms with Gasteiger partial charge in [-0.2, -0.15) is 0 Å². The first-order chi connectivity index (χ1) is 9.47. The summed E-state index contributed by atoms with van der Waals surface area (Å²) < 4.78 is 0. The van der Waals surface area contributed by atoms with Gasteiger partial charge in [-0.15, -0.1) is 0 Å². The molecule has 0 radical (unpaired) electrons. The normalized spacial score (nSPS) is 10.3. The number of carbonyl (C=O) groups is 1. The monoisotopic (exact) mass is 271 g/mol. The predicted molar refractivity (Wildman–Crippen MR) is 77.8 cm³/mol. The van der Waals surface area contributed by atoms with Crippen LogP contribution in [0.2, 0.25) is 0 Å². The summed E-state index contributed by atoms with van der Waals surface area (Å²) in [4.78, 5) is 18.8. The Morgan fingerprint density at radius 1 is 1.10 bits per heavy atom. The molecule has 20 heavy (non-hydrogen) atoms. The Kier molecular flexibility index (Phi) is 3.98. The van der Waals surface area contributed by atoms with Gasteiger partial charge in [0.1, 0.15) is 18.7 Å². The molecular formula is C15H17N3O2. The van der Waals surface area contributed by atoms with Crippen LogP contribution in [-0.4, -0.2) is 27.6 Å². The maximum Gasteiger partial charge on any atom is 0.322 e. The van der Waals surface area contributed by atoms with Crippen molar-refractivity contribution in [3.05, 3.63) is 41.2 Å². The van der Waals surface area contributed by atoms with E-state index in [9.17, 15) is 4.79 Å². The van der Waals surface area contributed by atoms with Gasteiger partial charge in [-0.3, -0.25) is 4.79 Å². The molecule has 0 saturated heterocycles. The van der Waals surface area contributed by atoms with Crippen molar-refractivity contribution in [3.63, 3.8) is 0 Å². The summed E-state index contributed by atoms with van der Waals surface area (Å²) in [7, 11) is 0. The van der Waals surface area contributed by atoms with E-state index >= 15 is 0 Å². The molecule has 2 N–H and O–H groups in total. The second-order valence-electron chi connectivity index (χ2n) is 4.79. The van der Waals surface area contributed by atoms with Gasteiger partial charge in [0, 0.05) is 11.6 Å². The number of aromatic nitrogens is 2.